The second-order valence-electron chi connectivity index (χ2n) is 4.67. The van der Waals surface area contributed by atoms with E-state index in [4.69, 9.17) is 5.11 Å². The number of aromatic amines is 1. The Kier molecular flexibility index (Phi) is 2.64. The van der Waals surface area contributed by atoms with E-state index in [1.807, 2.05) is 0 Å². The van der Waals surface area contributed by atoms with E-state index in [9.17, 15) is 9.59 Å². The summed E-state index contributed by atoms with van der Waals surface area (Å²) in [6.45, 7) is 4.88. The number of nitrogens with zero attached hydrogens (tertiary/aromatic N) is 3. The zero-order valence-corrected chi connectivity index (χ0v) is 9.80. The van der Waals surface area contributed by atoms with Gasteiger partial charge in [-0.15, -0.1) is 0 Å². The number of aromatic nitrogens is 2. The summed E-state index contributed by atoms with van der Waals surface area (Å²) in [5, 5.41) is 8.79. The molecule has 4 rings (SSSR count). The topological polar surface area (TPSA) is 89.5 Å². The molecule has 1 aromatic rings. The Morgan fingerprint density at radius 3 is 2.61 bits per heavy atom. The lowest BCUT2D eigenvalue weighted by Crippen LogP contribution is -2.57. The molecule has 1 unspecified atom stereocenters. The summed E-state index contributed by atoms with van der Waals surface area (Å²) < 4.78 is 0. The second-order valence-corrected chi connectivity index (χ2v) is 4.67. The Labute approximate surface area is 103 Å². The van der Waals surface area contributed by atoms with E-state index in [2.05, 4.69) is 19.8 Å². The average molecular weight is 250 g/mol. The Morgan fingerprint density at radius 2 is 2.11 bits per heavy atom. The molecule has 0 spiro atoms. The molecule has 0 aromatic carbocycles. The van der Waals surface area contributed by atoms with Gasteiger partial charge < -0.3 is 10.1 Å². The molecule has 1 atom stereocenters. The molecule has 7 nitrogen and oxygen atoms in total. The first-order valence-corrected chi connectivity index (χ1v) is 5.94. The number of piperazine rings is 3. The predicted molar refractivity (Wildman–Crippen MR) is 62.6 cm³/mol. The normalized spacial score (nSPS) is 30.3. The third-order valence-corrected chi connectivity index (χ3v) is 3.64. The van der Waals surface area contributed by atoms with Crippen LogP contribution in [0.2, 0.25) is 0 Å². The summed E-state index contributed by atoms with van der Waals surface area (Å²) in [4.78, 5) is 33.7. The molecule has 3 aliphatic rings. The summed E-state index contributed by atoms with van der Waals surface area (Å²) in [6, 6.07) is 0.0723. The zero-order chi connectivity index (χ0) is 12.7. The first-order chi connectivity index (χ1) is 8.65. The molecule has 3 aliphatic heterocycles. The van der Waals surface area contributed by atoms with Crippen molar-refractivity contribution in [1.82, 2.24) is 19.8 Å². The molecule has 4 heterocycles. The molecule has 18 heavy (non-hydrogen) atoms. The van der Waals surface area contributed by atoms with Gasteiger partial charge in [-0.1, -0.05) is 0 Å². The fourth-order valence-corrected chi connectivity index (χ4v) is 2.61. The van der Waals surface area contributed by atoms with Crippen LogP contribution < -0.4 is 5.56 Å². The summed E-state index contributed by atoms with van der Waals surface area (Å²) in [6.07, 6.45) is 1.15. The van der Waals surface area contributed by atoms with Crippen LogP contribution in [0.3, 0.4) is 0 Å². The van der Waals surface area contributed by atoms with Gasteiger partial charge in [0.2, 0.25) is 0 Å². The van der Waals surface area contributed by atoms with Gasteiger partial charge in [0.15, 0.2) is 0 Å². The van der Waals surface area contributed by atoms with Crippen molar-refractivity contribution in [2.24, 2.45) is 0 Å². The van der Waals surface area contributed by atoms with Crippen molar-refractivity contribution in [1.29, 1.82) is 0 Å². The maximum absolute atomic E-state index is 11.6. The van der Waals surface area contributed by atoms with E-state index < -0.39 is 11.5 Å². The molecule has 0 radical (unpaired) electrons. The van der Waals surface area contributed by atoms with E-state index in [1.165, 1.54) is 0 Å². The largest absolute Gasteiger partial charge is 0.477 e. The number of carbonyl (C=O) groups is 1. The molecular formula is C11H14N4O3. The van der Waals surface area contributed by atoms with Gasteiger partial charge in [-0.25, -0.2) is 9.78 Å². The van der Waals surface area contributed by atoms with Crippen LogP contribution >= 0.6 is 0 Å². The number of nitrogens with one attached hydrogen (secondary N) is 1. The minimum atomic E-state index is -1.25. The zero-order valence-electron chi connectivity index (χ0n) is 9.80. The van der Waals surface area contributed by atoms with Gasteiger partial charge in [0.05, 0.1) is 6.04 Å². The molecule has 0 saturated carbocycles. The van der Waals surface area contributed by atoms with Crippen LogP contribution in [-0.2, 0) is 0 Å². The first-order valence-electron chi connectivity index (χ1n) is 5.94. The maximum atomic E-state index is 11.6. The smallest absolute Gasteiger partial charge is 0.342 e. The molecule has 3 saturated heterocycles. The Morgan fingerprint density at radius 1 is 1.39 bits per heavy atom. The third kappa shape index (κ3) is 1.81. The van der Waals surface area contributed by atoms with Crippen LogP contribution in [0.1, 0.15) is 22.2 Å². The lowest BCUT2D eigenvalue weighted by Gasteiger charge is -2.46. The number of fused-ring (bicyclic) bond motifs is 3. The highest BCUT2D eigenvalue weighted by Crippen LogP contribution is 2.25. The maximum Gasteiger partial charge on any atom is 0.342 e. The van der Waals surface area contributed by atoms with Crippen molar-refractivity contribution in [3.63, 3.8) is 0 Å². The highest BCUT2D eigenvalue weighted by atomic mass is 16.4. The van der Waals surface area contributed by atoms with Crippen molar-refractivity contribution >= 4 is 5.97 Å². The second kappa shape index (κ2) is 4.18. The summed E-state index contributed by atoms with van der Waals surface area (Å²) in [7, 11) is 0. The SMILES string of the molecule is O=C(O)c1cnc(C2CN3CCN2CC3)[nH]c1=O. The van der Waals surface area contributed by atoms with Crippen molar-refractivity contribution in [3.05, 3.63) is 27.9 Å². The third-order valence-electron chi connectivity index (χ3n) is 3.64. The number of aromatic carboxylic acids is 1. The predicted octanol–water partition coefficient (Wildman–Crippen LogP) is -0.860. The van der Waals surface area contributed by atoms with Crippen LogP contribution in [0, 0.1) is 0 Å². The first kappa shape index (κ1) is 11.4. The summed E-state index contributed by atoms with van der Waals surface area (Å²) in [5.41, 5.74) is -0.889. The van der Waals surface area contributed by atoms with Crippen molar-refractivity contribution < 1.29 is 9.90 Å². The fourth-order valence-electron chi connectivity index (χ4n) is 2.61. The number of carboxylic acids is 1. The van der Waals surface area contributed by atoms with Crippen LogP contribution in [0.15, 0.2) is 11.0 Å². The molecule has 7 heteroatoms. The summed E-state index contributed by atoms with van der Waals surface area (Å²) in [5.74, 6) is -0.682. The lowest BCUT2D eigenvalue weighted by molar-refractivity contribution is 0.00850. The van der Waals surface area contributed by atoms with E-state index in [-0.39, 0.29) is 11.6 Å². The molecular weight excluding hydrogens is 236 g/mol. The van der Waals surface area contributed by atoms with E-state index in [1.54, 1.807) is 0 Å². The highest BCUT2D eigenvalue weighted by Gasteiger charge is 2.34. The Hall–Kier alpha value is -1.73. The fraction of sp³-hybridized carbons (Fsp3) is 0.545. The average Bonchev–Trinajstić information content (AvgIpc) is 2.39. The minimum Gasteiger partial charge on any atom is -0.477 e. The molecule has 0 aliphatic carbocycles. The van der Waals surface area contributed by atoms with Gasteiger partial charge in [-0.2, -0.15) is 0 Å². The van der Waals surface area contributed by atoms with Crippen molar-refractivity contribution in [2.45, 2.75) is 6.04 Å². The molecule has 0 amide bonds. The summed E-state index contributed by atoms with van der Waals surface area (Å²) >= 11 is 0. The monoisotopic (exact) mass is 250 g/mol. The highest BCUT2D eigenvalue weighted by molar-refractivity contribution is 5.86. The van der Waals surface area contributed by atoms with E-state index in [0.29, 0.717) is 5.82 Å². The van der Waals surface area contributed by atoms with Crippen molar-refractivity contribution in [3.8, 4) is 0 Å². The van der Waals surface area contributed by atoms with Crippen molar-refractivity contribution in [2.75, 3.05) is 32.7 Å². The number of H-pyrrole nitrogens is 1. The number of rotatable bonds is 2. The molecule has 96 valence electrons. The Balaban J connectivity index is 1.91. The van der Waals surface area contributed by atoms with Crippen LogP contribution in [0.4, 0.5) is 0 Å². The van der Waals surface area contributed by atoms with Crippen LogP contribution in [0.5, 0.6) is 0 Å². The quantitative estimate of drug-likeness (QED) is 0.710. The van der Waals surface area contributed by atoms with Gasteiger partial charge in [-0.05, 0) is 0 Å². The van der Waals surface area contributed by atoms with Crippen LogP contribution in [0.25, 0.3) is 0 Å². The van der Waals surface area contributed by atoms with E-state index in [0.717, 1.165) is 38.9 Å². The molecule has 1 aromatic heterocycles. The van der Waals surface area contributed by atoms with Gasteiger partial charge in [0.25, 0.3) is 5.56 Å². The number of carboxylic acid groups (broad SMARTS) is 1. The molecule has 2 bridgehead atoms. The van der Waals surface area contributed by atoms with Gasteiger partial charge in [0.1, 0.15) is 11.4 Å². The molecule has 3 fully saturated rings. The molecule has 2 N–H and O–H groups in total. The van der Waals surface area contributed by atoms with E-state index >= 15 is 0 Å². The van der Waals surface area contributed by atoms with Crippen LogP contribution in [-0.4, -0.2) is 63.6 Å². The van der Waals surface area contributed by atoms with Gasteiger partial charge in [0, 0.05) is 38.9 Å². The standard InChI is InChI=1S/C11H14N4O3/c16-10-7(11(17)18)5-12-9(13-10)8-6-14-1-3-15(8)4-2-14/h5,8H,1-4,6H2,(H,17,18)(H,12,13,16). The minimum absolute atomic E-state index is 0.0723. The Bertz CT molecular complexity index is 533. The lowest BCUT2D eigenvalue weighted by atomic mass is 10.1. The van der Waals surface area contributed by atoms with Gasteiger partial charge in [-0.3, -0.25) is 14.6 Å². The number of hydrogen-bond donors (Lipinski definition) is 2. The van der Waals surface area contributed by atoms with Gasteiger partial charge >= 0.3 is 5.97 Å². The number of hydrogen-bond acceptors (Lipinski definition) is 5.